The van der Waals surface area contributed by atoms with E-state index >= 15 is 0 Å². The van der Waals surface area contributed by atoms with Crippen molar-refractivity contribution in [3.8, 4) is 17.0 Å². The van der Waals surface area contributed by atoms with Gasteiger partial charge in [-0.05, 0) is 48.9 Å². The quantitative estimate of drug-likeness (QED) is 0.500. The Kier molecular flexibility index (Phi) is 5.10. The highest BCUT2D eigenvalue weighted by Crippen LogP contribution is 2.32. The summed E-state index contributed by atoms with van der Waals surface area (Å²) < 4.78 is 46.9. The minimum Gasteiger partial charge on any atom is -0.497 e. The minimum absolute atomic E-state index is 0.0874. The van der Waals surface area contributed by atoms with Crippen LogP contribution in [0.2, 0.25) is 0 Å². The maximum atomic E-state index is 13.7. The number of fused-ring (bicyclic) bond motifs is 1. The molecule has 158 valence electrons. The highest BCUT2D eigenvalue weighted by molar-refractivity contribution is 6.03. The molecule has 2 aromatic heterocycles. The van der Waals surface area contributed by atoms with Crippen LogP contribution < -0.4 is 10.1 Å². The monoisotopic (exact) mass is 426 g/mol. The Labute approximate surface area is 175 Å². The Bertz CT molecular complexity index is 1260. The smallest absolute Gasteiger partial charge is 0.433 e. The molecule has 4 rings (SSSR count). The van der Waals surface area contributed by atoms with Crippen LogP contribution in [-0.4, -0.2) is 27.6 Å². The van der Waals surface area contributed by atoms with Crippen molar-refractivity contribution < 1.29 is 22.7 Å². The molecule has 0 unspecified atom stereocenters. The lowest BCUT2D eigenvalue weighted by molar-refractivity contribution is -0.142. The third kappa shape index (κ3) is 4.07. The molecule has 2 aromatic carbocycles. The summed E-state index contributed by atoms with van der Waals surface area (Å²) in [7, 11) is 1.50. The van der Waals surface area contributed by atoms with E-state index < -0.39 is 17.8 Å². The first-order chi connectivity index (χ1) is 14.8. The summed E-state index contributed by atoms with van der Waals surface area (Å²) in [5.74, 6) is -0.0562. The van der Waals surface area contributed by atoms with Crippen molar-refractivity contribution >= 4 is 17.2 Å². The second-order valence-corrected chi connectivity index (χ2v) is 6.82. The van der Waals surface area contributed by atoms with Crippen molar-refractivity contribution in [1.82, 2.24) is 14.6 Å². The maximum Gasteiger partial charge on any atom is 0.433 e. The van der Waals surface area contributed by atoms with E-state index in [2.05, 4.69) is 15.4 Å². The Hall–Kier alpha value is -3.88. The van der Waals surface area contributed by atoms with E-state index in [1.54, 1.807) is 36.4 Å². The number of aromatic nitrogens is 3. The Morgan fingerprint density at radius 1 is 1.06 bits per heavy atom. The lowest BCUT2D eigenvalue weighted by atomic mass is 10.1. The molecule has 6 nitrogen and oxygen atoms in total. The molecular formula is C22H17F3N4O2. The van der Waals surface area contributed by atoms with Gasteiger partial charge < -0.3 is 10.1 Å². The van der Waals surface area contributed by atoms with Crippen LogP contribution >= 0.6 is 0 Å². The number of ether oxygens (including phenoxy) is 1. The van der Waals surface area contributed by atoms with Gasteiger partial charge in [0.2, 0.25) is 0 Å². The van der Waals surface area contributed by atoms with Gasteiger partial charge in [-0.3, -0.25) is 4.79 Å². The van der Waals surface area contributed by atoms with Crippen LogP contribution in [0.4, 0.5) is 18.9 Å². The van der Waals surface area contributed by atoms with Crippen LogP contribution in [-0.2, 0) is 6.18 Å². The number of hydrogen-bond acceptors (Lipinski definition) is 4. The summed E-state index contributed by atoms with van der Waals surface area (Å²) in [6.45, 7) is 1.81. The molecule has 0 fully saturated rings. The number of hydrogen-bond donors (Lipinski definition) is 1. The van der Waals surface area contributed by atoms with Gasteiger partial charge in [-0.15, -0.1) is 0 Å². The number of amides is 1. The zero-order valence-electron chi connectivity index (χ0n) is 16.6. The highest BCUT2D eigenvalue weighted by atomic mass is 19.4. The SMILES string of the molecule is COc1ccc(-c2cc(C(F)(F)F)n3nc(C(=O)Nc4ccccc4C)cc3n2)cc1. The average Bonchev–Trinajstić information content (AvgIpc) is 3.18. The Balaban J connectivity index is 1.78. The minimum atomic E-state index is -4.70. The fourth-order valence-electron chi connectivity index (χ4n) is 3.10. The van der Waals surface area contributed by atoms with Crippen molar-refractivity contribution in [2.45, 2.75) is 13.1 Å². The lowest BCUT2D eigenvalue weighted by Gasteiger charge is -2.11. The first-order valence-corrected chi connectivity index (χ1v) is 9.25. The fourth-order valence-corrected chi connectivity index (χ4v) is 3.10. The molecule has 0 radical (unpaired) electrons. The van der Waals surface area contributed by atoms with Gasteiger partial charge in [-0.25, -0.2) is 9.50 Å². The molecule has 1 amide bonds. The maximum absolute atomic E-state index is 13.7. The van der Waals surface area contributed by atoms with Gasteiger partial charge in [0.25, 0.3) is 5.91 Å². The number of halogens is 3. The zero-order valence-corrected chi connectivity index (χ0v) is 16.6. The van der Waals surface area contributed by atoms with Gasteiger partial charge in [-0.2, -0.15) is 18.3 Å². The number of alkyl halides is 3. The summed E-state index contributed by atoms with van der Waals surface area (Å²) in [5.41, 5.74) is 0.652. The van der Waals surface area contributed by atoms with E-state index in [9.17, 15) is 18.0 Å². The summed E-state index contributed by atoms with van der Waals surface area (Å²) in [6, 6.07) is 15.7. The first kappa shape index (κ1) is 20.4. The summed E-state index contributed by atoms with van der Waals surface area (Å²) >= 11 is 0. The van der Waals surface area contributed by atoms with E-state index in [-0.39, 0.29) is 17.0 Å². The Morgan fingerprint density at radius 2 is 1.77 bits per heavy atom. The number of carbonyl (C=O) groups excluding carboxylic acids is 1. The first-order valence-electron chi connectivity index (χ1n) is 9.25. The van der Waals surface area contributed by atoms with Crippen LogP contribution in [0.25, 0.3) is 16.9 Å². The molecule has 0 bridgehead atoms. The topological polar surface area (TPSA) is 68.5 Å². The number of nitrogens with zero attached hydrogens (tertiary/aromatic N) is 3. The molecule has 9 heteroatoms. The molecular weight excluding hydrogens is 409 g/mol. The zero-order chi connectivity index (χ0) is 22.2. The predicted molar refractivity (Wildman–Crippen MR) is 109 cm³/mol. The molecule has 0 spiro atoms. The van der Waals surface area contributed by atoms with Crippen LogP contribution in [0, 0.1) is 6.92 Å². The average molecular weight is 426 g/mol. The van der Waals surface area contributed by atoms with Gasteiger partial charge in [0.1, 0.15) is 5.75 Å². The van der Waals surface area contributed by atoms with Gasteiger partial charge in [0, 0.05) is 17.3 Å². The normalized spacial score (nSPS) is 11.5. The van der Waals surface area contributed by atoms with Gasteiger partial charge in [0.05, 0.1) is 12.8 Å². The fraction of sp³-hybridized carbons (Fsp3) is 0.136. The summed E-state index contributed by atoms with van der Waals surface area (Å²) in [6.07, 6.45) is -4.70. The van der Waals surface area contributed by atoms with Gasteiger partial charge in [-0.1, -0.05) is 18.2 Å². The van der Waals surface area contributed by atoms with Crippen LogP contribution in [0.5, 0.6) is 5.75 Å². The molecule has 0 aliphatic heterocycles. The van der Waals surface area contributed by atoms with E-state index in [1.165, 1.54) is 13.2 Å². The molecule has 2 heterocycles. The lowest BCUT2D eigenvalue weighted by Crippen LogP contribution is -2.16. The second kappa shape index (κ2) is 7.75. The number of benzene rings is 2. The number of rotatable bonds is 4. The third-order valence-electron chi connectivity index (χ3n) is 4.73. The van der Waals surface area contributed by atoms with E-state index in [0.717, 1.165) is 11.6 Å². The largest absolute Gasteiger partial charge is 0.497 e. The standard InChI is InChI=1S/C22H17F3N4O2/c1-13-5-3-4-6-16(13)27-21(30)18-12-20-26-17(14-7-9-15(31-2)10-8-14)11-19(22(23,24)25)29(20)28-18/h3-12H,1-2H3,(H,27,30). The molecule has 0 aliphatic rings. The van der Waals surface area contributed by atoms with Crippen molar-refractivity contribution in [3.63, 3.8) is 0 Å². The van der Waals surface area contributed by atoms with Gasteiger partial charge in [0.15, 0.2) is 17.0 Å². The number of nitrogens with one attached hydrogen (secondary N) is 1. The molecule has 0 aliphatic carbocycles. The second-order valence-electron chi connectivity index (χ2n) is 6.82. The molecule has 0 saturated heterocycles. The van der Waals surface area contributed by atoms with Crippen LogP contribution in [0.1, 0.15) is 21.7 Å². The number of aryl methyl sites for hydroxylation is 1. The third-order valence-corrected chi connectivity index (χ3v) is 4.73. The van der Waals surface area contributed by atoms with Crippen molar-refractivity contribution in [2.75, 3.05) is 12.4 Å². The number of methoxy groups -OCH3 is 1. The van der Waals surface area contributed by atoms with E-state index in [0.29, 0.717) is 21.5 Å². The predicted octanol–water partition coefficient (Wildman–Crippen LogP) is 4.98. The summed E-state index contributed by atoms with van der Waals surface area (Å²) in [5, 5.41) is 6.54. The van der Waals surface area contributed by atoms with E-state index in [4.69, 9.17) is 4.74 Å². The van der Waals surface area contributed by atoms with Crippen molar-refractivity contribution in [1.29, 1.82) is 0 Å². The summed E-state index contributed by atoms with van der Waals surface area (Å²) in [4.78, 5) is 16.9. The highest BCUT2D eigenvalue weighted by Gasteiger charge is 2.35. The van der Waals surface area contributed by atoms with Crippen molar-refractivity contribution in [3.05, 3.63) is 77.6 Å². The Morgan fingerprint density at radius 3 is 2.42 bits per heavy atom. The number of anilines is 1. The molecule has 0 saturated carbocycles. The molecule has 4 aromatic rings. The number of para-hydroxylation sites is 1. The molecule has 0 atom stereocenters. The molecule has 31 heavy (non-hydrogen) atoms. The van der Waals surface area contributed by atoms with E-state index in [1.807, 2.05) is 19.1 Å². The van der Waals surface area contributed by atoms with Crippen LogP contribution in [0.3, 0.4) is 0 Å². The van der Waals surface area contributed by atoms with Crippen molar-refractivity contribution in [2.24, 2.45) is 0 Å². The van der Waals surface area contributed by atoms with Crippen LogP contribution in [0.15, 0.2) is 60.7 Å². The van der Waals surface area contributed by atoms with Gasteiger partial charge >= 0.3 is 6.18 Å². The number of carbonyl (C=O) groups is 1. The molecule has 1 N–H and O–H groups in total.